The summed E-state index contributed by atoms with van der Waals surface area (Å²) in [6.07, 6.45) is 0. The predicted octanol–water partition coefficient (Wildman–Crippen LogP) is 17.4. The fourth-order valence-corrected chi connectivity index (χ4v) is 11.6. The van der Waals surface area contributed by atoms with Crippen LogP contribution in [0, 0.1) is 0 Å². The maximum Gasteiger partial charge on any atom is 0.256 e. The van der Waals surface area contributed by atoms with Gasteiger partial charge in [0.05, 0.1) is 11.4 Å². The molecule has 0 saturated heterocycles. The number of para-hydroxylation sites is 5. The van der Waals surface area contributed by atoms with Crippen molar-refractivity contribution in [1.29, 1.82) is 0 Å². The number of fused-ring (bicyclic) bond motifs is 10. The van der Waals surface area contributed by atoms with Gasteiger partial charge in [0, 0.05) is 79.6 Å². The molecule has 2 aliphatic rings. The highest BCUT2D eigenvalue weighted by atomic mass is 16.5. The first kappa shape index (κ1) is 44.7. The lowest BCUT2D eigenvalue weighted by molar-refractivity contribution is 0.488. The van der Waals surface area contributed by atoms with Crippen molar-refractivity contribution in [3.05, 3.63) is 230 Å². The number of hydrogen-bond acceptors (Lipinski definition) is 6. The highest BCUT2D eigenvalue weighted by Crippen LogP contribution is 2.49. The van der Waals surface area contributed by atoms with E-state index >= 15 is 0 Å². The molecule has 6 nitrogen and oxygen atoms in total. The monoisotopic (exact) mass is 971 g/mol. The van der Waals surface area contributed by atoms with Gasteiger partial charge in [-0.15, -0.1) is 0 Å². The van der Waals surface area contributed by atoms with E-state index in [9.17, 15) is 0 Å². The number of ether oxygens (including phenoxy) is 1. The third kappa shape index (κ3) is 7.32. The van der Waals surface area contributed by atoms with Gasteiger partial charge in [0.1, 0.15) is 28.2 Å². The van der Waals surface area contributed by atoms with Crippen LogP contribution >= 0.6 is 0 Å². The molecule has 12 aromatic rings. The topological polar surface area (TPSA) is 45.2 Å². The normalized spacial score (nSPS) is 13.0. The number of anilines is 9. The molecule has 4 heterocycles. The van der Waals surface area contributed by atoms with Crippen molar-refractivity contribution in [3.63, 3.8) is 0 Å². The second-order valence-electron chi connectivity index (χ2n) is 22.2. The summed E-state index contributed by atoms with van der Waals surface area (Å²) < 4.78 is 21.1. The predicted molar refractivity (Wildman–Crippen MR) is 314 cm³/mol. The van der Waals surface area contributed by atoms with Gasteiger partial charge in [0.2, 0.25) is 0 Å². The van der Waals surface area contributed by atoms with E-state index in [2.05, 4.69) is 262 Å². The Morgan fingerprint density at radius 3 is 1.61 bits per heavy atom. The summed E-state index contributed by atoms with van der Waals surface area (Å²) in [5.74, 6) is 1.59. The van der Waals surface area contributed by atoms with Crippen molar-refractivity contribution in [1.82, 2.24) is 0 Å². The third-order valence-corrected chi connectivity index (χ3v) is 15.4. The number of rotatable bonds is 7. The minimum Gasteiger partial charge on any atom is -0.458 e. The SMILES string of the molecule is CC(C)(C)c1ccc(N2c3cc4oc5ccccc5c4cc3B3c4ccc(N(c5ccc(C(C)(C)C)cc5)c5cccc6c5oc5ccccc56)cc4Oc4cc(N(c5ccccc5)c5ccccc5)cc2c43)cc1. The summed E-state index contributed by atoms with van der Waals surface area (Å²) in [5.41, 5.74) is 18.4. The van der Waals surface area contributed by atoms with E-state index in [1.165, 1.54) is 16.6 Å². The Morgan fingerprint density at radius 1 is 0.387 bits per heavy atom. The van der Waals surface area contributed by atoms with E-state index in [4.69, 9.17) is 13.6 Å². The summed E-state index contributed by atoms with van der Waals surface area (Å²) in [4.78, 5) is 7.08. The maximum atomic E-state index is 7.53. The molecular weight excluding hydrogens is 918 g/mol. The number of furan rings is 2. The van der Waals surface area contributed by atoms with Gasteiger partial charge in [0.15, 0.2) is 5.58 Å². The summed E-state index contributed by atoms with van der Waals surface area (Å²) in [7, 11) is 0. The van der Waals surface area contributed by atoms with Crippen LogP contribution < -0.4 is 35.8 Å². The first-order valence-corrected chi connectivity index (χ1v) is 26.0. The number of hydrogen-bond donors (Lipinski definition) is 0. The average molecular weight is 972 g/mol. The zero-order valence-corrected chi connectivity index (χ0v) is 42.9. The highest BCUT2D eigenvalue weighted by Gasteiger charge is 2.44. The van der Waals surface area contributed by atoms with Gasteiger partial charge in [-0.05, 0) is 117 Å². The Labute approximate surface area is 437 Å². The van der Waals surface area contributed by atoms with Crippen LogP contribution in [0.15, 0.2) is 227 Å². The first-order valence-electron chi connectivity index (χ1n) is 26.0. The Balaban J connectivity index is 1.03. The zero-order chi connectivity index (χ0) is 50.7. The summed E-state index contributed by atoms with van der Waals surface area (Å²) >= 11 is 0. The molecule has 2 aromatic heterocycles. The molecule has 0 unspecified atom stereocenters. The van der Waals surface area contributed by atoms with Gasteiger partial charge in [-0.25, -0.2) is 0 Å². The second kappa shape index (κ2) is 16.8. The van der Waals surface area contributed by atoms with Crippen LogP contribution in [-0.4, -0.2) is 6.71 Å². The van der Waals surface area contributed by atoms with Gasteiger partial charge in [0.25, 0.3) is 6.71 Å². The van der Waals surface area contributed by atoms with Crippen LogP contribution in [0.1, 0.15) is 52.7 Å². The molecule has 362 valence electrons. The van der Waals surface area contributed by atoms with E-state index in [1.807, 2.05) is 12.1 Å². The van der Waals surface area contributed by atoms with Crippen LogP contribution in [0.3, 0.4) is 0 Å². The lowest BCUT2D eigenvalue weighted by Gasteiger charge is -2.41. The maximum absolute atomic E-state index is 7.53. The molecule has 0 spiro atoms. The first-order chi connectivity index (χ1) is 36.4. The molecule has 10 aromatic carbocycles. The molecule has 0 bridgehead atoms. The standard InChI is InChI=1S/C68H54BN3O3/c1-67(2,3)43-28-32-47(33-29-43)71(57-25-17-24-53-51-22-13-16-27-61(51)75-66(53)57)49-36-37-55-63(39-49)74-64-40-50(70(45-18-9-7-10-19-45)46-20-11-8-12-21-46)38-59-65(64)69(55)56-41-54-52-23-14-15-26-60(52)73-62(54)42-58(56)72(59)48-34-30-44(31-35-48)68(4,5)6/h7-42H,1-6H3. The Bertz CT molecular complexity index is 4150. The van der Waals surface area contributed by atoms with E-state index in [1.54, 1.807) is 0 Å². The molecule has 0 amide bonds. The minimum absolute atomic E-state index is 0.0143. The molecule has 0 radical (unpaired) electrons. The molecule has 0 aliphatic carbocycles. The average Bonchev–Trinajstić information content (AvgIpc) is 4.00. The Kier molecular flexibility index (Phi) is 10.0. The smallest absolute Gasteiger partial charge is 0.256 e. The van der Waals surface area contributed by atoms with Crippen molar-refractivity contribution in [3.8, 4) is 11.5 Å². The van der Waals surface area contributed by atoms with Gasteiger partial charge < -0.3 is 28.3 Å². The van der Waals surface area contributed by atoms with Crippen LogP contribution in [-0.2, 0) is 10.8 Å². The van der Waals surface area contributed by atoms with Gasteiger partial charge in [-0.1, -0.05) is 163 Å². The lowest BCUT2D eigenvalue weighted by atomic mass is 9.34. The fourth-order valence-electron chi connectivity index (χ4n) is 11.6. The molecule has 0 fully saturated rings. The lowest BCUT2D eigenvalue weighted by Crippen LogP contribution is -2.59. The highest BCUT2D eigenvalue weighted by molar-refractivity contribution is 6.99. The van der Waals surface area contributed by atoms with Gasteiger partial charge >= 0.3 is 0 Å². The van der Waals surface area contributed by atoms with E-state index in [0.717, 1.165) is 117 Å². The number of benzene rings is 10. The molecule has 75 heavy (non-hydrogen) atoms. The third-order valence-electron chi connectivity index (χ3n) is 15.4. The summed E-state index contributed by atoms with van der Waals surface area (Å²) in [5, 5.41) is 4.33. The summed E-state index contributed by atoms with van der Waals surface area (Å²) in [6, 6.07) is 78.5. The van der Waals surface area contributed by atoms with Crippen LogP contribution in [0.2, 0.25) is 0 Å². The molecule has 14 rings (SSSR count). The summed E-state index contributed by atoms with van der Waals surface area (Å²) in [6.45, 7) is 13.4. The molecule has 0 N–H and O–H groups in total. The molecule has 7 heteroatoms. The van der Waals surface area contributed by atoms with Crippen molar-refractivity contribution in [2.24, 2.45) is 0 Å². The zero-order valence-electron chi connectivity index (χ0n) is 42.9. The largest absolute Gasteiger partial charge is 0.458 e. The van der Waals surface area contributed by atoms with E-state index in [0.29, 0.717) is 0 Å². The Morgan fingerprint density at radius 2 is 0.947 bits per heavy atom. The van der Waals surface area contributed by atoms with Crippen molar-refractivity contribution < 1.29 is 13.6 Å². The Hall–Kier alpha value is -8.94. The van der Waals surface area contributed by atoms with Crippen molar-refractivity contribution in [2.45, 2.75) is 52.4 Å². The quantitative estimate of drug-likeness (QED) is 0.148. The van der Waals surface area contributed by atoms with Gasteiger partial charge in [-0.3, -0.25) is 0 Å². The van der Waals surface area contributed by atoms with Crippen LogP contribution in [0.5, 0.6) is 11.5 Å². The van der Waals surface area contributed by atoms with E-state index in [-0.39, 0.29) is 17.5 Å². The van der Waals surface area contributed by atoms with Crippen molar-refractivity contribution >= 4 is 118 Å². The number of nitrogens with zero attached hydrogens (tertiary/aromatic N) is 3. The minimum atomic E-state index is -0.194. The fraction of sp³-hybridized carbons (Fsp3) is 0.118. The van der Waals surface area contributed by atoms with Crippen LogP contribution in [0.4, 0.5) is 51.2 Å². The molecular formula is C68H54BN3O3. The van der Waals surface area contributed by atoms with Crippen molar-refractivity contribution in [2.75, 3.05) is 14.7 Å². The van der Waals surface area contributed by atoms with Crippen LogP contribution in [0.25, 0.3) is 43.9 Å². The van der Waals surface area contributed by atoms with Gasteiger partial charge in [-0.2, -0.15) is 0 Å². The molecule has 0 saturated carbocycles. The molecule has 0 atom stereocenters. The van der Waals surface area contributed by atoms with E-state index < -0.39 is 0 Å². The second-order valence-corrected chi connectivity index (χ2v) is 22.2. The molecule has 2 aliphatic heterocycles.